The molecule has 2 rings (SSSR count). The zero-order valence-electron chi connectivity index (χ0n) is 11.1. The Morgan fingerprint density at radius 2 is 2.21 bits per heavy atom. The van der Waals surface area contributed by atoms with Gasteiger partial charge in [0.1, 0.15) is 0 Å². The second-order valence-electron chi connectivity index (χ2n) is 4.54. The Balaban J connectivity index is 2.15. The smallest absolute Gasteiger partial charge is 0.255 e. The summed E-state index contributed by atoms with van der Waals surface area (Å²) in [7, 11) is 3.19. The number of hydrogen-bond acceptors (Lipinski definition) is 3. The first-order chi connectivity index (χ1) is 9.13. The van der Waals surface area contributed by atoms with E-state index in [1.807, 2.05) is 24.3 Å². The summed E-state index contributed by atoms with van der Waals surface area (Å²) in [6, 6.07) is 7.64. The molecular weight excluding hydrogens is 244 g/mol. The van der Waals surface area contributed by atoms with E-state index in [4.69, 9.17) is 4.74 Å². The highest BCUT2D eigenvalue weighted by Crippen LogP contribution is 2.18. The van der Waals surface area contributed by atoms with E-state index in [9.17, 15) is 9.90 Å². The number of amides is 1. The van der Waals surface area contributed by atoms with Gasteiger partial charge in [0.05, 0.1) is 18.3 Å². The van der Waals surface area contributed by atoms with E-state index in [1.165, 1.54) is 12.0 Å². The number of nitrogens with one attached hydrogen (secondary N) is 1. The lowest BCUT2D eigenvalue weighted by Gasteiger charge is -2.20. The Morgan fingerprint density at radius 1 is 1.47 bits per heavy atom. The molecule has 0 saturated heterocycles. The van der Waals surface area contributed by atoms with Crippen LogP contribution in [0.3, 0.4) is 0 Å². The second kappa shape index (κ2) is 5.86. The van der Waals surface area contributed by atoms with E-state index < -0.39 is 6.10 Å². The van der Waals surface area contributed by atoms with Crippen LogP contribution in [0.25, 0.3) is 10.9 Å². The molecule has 0 spiro atoms. The van der Waals surface area contributed by atoms with Crippen LogP contribution in [0.1, 0.15) is 10.4 Å². The van der Waals surface area contributed by atoms with Crippen LogP contribution in [0.15, 0.2) is 30.5 Å². The number of methoxy groups -OCH3 is 1. The van der Waals surface area contributed by atoms with Gasteiger partial charge in [0.25, 0.3) is 5.91 Å². The normalized spacial score (nSPS) is 12.6. The molecule has 1 unspecified atom stereocenters. The van der Waals surface area contributed by atoms with Crippen molar-refractivity contribution >= 4 is 16.8 Å². The number of carbonyl (C=O) groups is 1. The first kappa shape index (κ1) is 13.6. The van der Waals surface area contributed by atoms with Gasteiger partial charge >= 0.3 is 0 Å². The fourth-order valence-electron chi connectivity index (χ4n) is 2.10. The number of H-pyrrole nitrogens is 1. The number of hydrogen-bond donors (Lipinski definition) is 2. The fourth-order valence-corrected chi connectivity index (χ4v) is 2.10. The van der Waals surface area contributed by atoms with E-state index in [1.54, 1.807) is 13.2 Å². The summed E-state index contributed by atoms with van der Waals surface area (Å²) in [4.78, 5) is 16.9. The zero-order chi connectivity index (χ0) is 13.8. The number of ether oxygens (including phenoxy) is 1. The van der Waals surface area contributed by atoms with Gasteiger partial charge in [-0.15, -0.1) is 0 Å². The Kier molecular flexibility index (Phi) is 4.19. The van der Waals surface area contributed by atoms with E-state index in [2.05, 4.69) is 4.98 Å². The Morgan fingerprint density at radius 3 is 2.95 bits per heavy atom. The average Bonchev–Trinajstić information content (AvgIpc) is 2.81. The maximum Gasteiger partial charge on any atom is 0.255 e. The lowest BCUT2D eigenvalue weighted by atomic mass is 10.1. The van der Waals surface area contributed by atoms with Gasteiger partial charge in [0.2, 0.25) is 0 Å². The van der Waals surface area contributed by atoms with Crippen molar-refractivity contribution in [2.45, 2.75) is 6.10 Å². The van der Waals surface area contributed by atoms with Crippen LogP contribution in [0.2, 0.25) is 0 Å². The minimum Gasteiger partial charge on any atom is -0.389 e. The topological polar surface area (TPSA) is 65.6 Å². The first-order valence-corrected chi connectivity index (χ1v) is 6.12. The number of para-hydroxylation sites is 1. The van der Waals surface area contributed by atoms with Crippen LogP contribution in [0.4, 0.5) is 0 Å². The second-order valence-corrected chi connectivity index (χ2v) is 4.54. The summed E-state index contributed by atoms with van der Waals surface area (Å²) >= 11 is 0. The standard InChI is InChI=1S/C14H18N2O3/c1-16(8-10(17)9-19-2)14(18)12-7-15-13-6-4-3-5-11(12)13/h3-7,10,15,17H,8-9H2,1-2H3. The molecule has 0 saturated carbocycles. The van der Waals surface area contributed by atoms with Crippen LogP contribution in [-0.4, -0.2) is 54.3 Å². The summed E-state index contributed by atoms with van der Waals surface area (Å²) in [5.41, 5.74) is 1.54. The maximum absolute atomic E-state index is 12.3. The third kappa shape index (κ3) is 2.94. The van der Waals surface area contributed by atoms with Gasteiger partial charge in [-0.1, -0.05) is 18.2 Å². The van der Waals surface area contributed by atoms with Gasteiger partial charge in [0, 0.05) is 37.8 Å². The van der Waals surface area contributed by atoms with Crippen LogP contribution < -0.4 is 0 Å². The molecule has 0 aliphatic rings. The van der Waals surface area contributed by atoms with E-state index in [0.717, 1.165) is 10.9 Å². The third-order valence-electron chi connectivity index (χ3n) is 3.01. The number of nitrogens with zero attached hydrogens (tertiary/aromatic N) is 1. The fraction of sp³-hybridized carbons (Fsp3) is 0.357. The summed E-state index contributed by atoms with van der Waals surface area (Å²) < 4.78 is 4.85. The van der Waals surface area contributed by atoms with Gasteiger partial charge in [-0.05, 0) is 6.07 Å². The molecule has 2 N–H and O–H groups in total. The molecule has 0 radical (unpaired) electrons. The molecule has 0 aliphatic carbocycles. The Labute approximate surface area is 111 Å². The van der Waals surface area contributed by atoms with Crippen LogP contribution in [0, 0.1) is 0 Å². The number of benzene rings is 1. The molecule has 0 fully saturated rings. The molecular formula is C14H18N2O3. The molecule has 0 bridgehead atoms. The van der Waals surface area contributed by atoms with E-state index in [0.29, 0.717) is 5.56 Å². The largest absolute Gasteiger partial charge is 0.389 e. The van der Waals surface area contributed by atoms with Crippen LogP contribution in [-0.2, 0) is 4.74 Å². The van der Waals surface area contributed by atoms with Crippen molar-refractivity contribution in [2.24, 2.45) is 0 Å². The highest BCUT2D eigenvalue weighted by molar-refractivity contribution is 6.06. The van der Waals surface area contributed by atoms with Crippen LogP contribution >= 0.6 is 0 Å². The van der Waals surface area contributed by atoms with Gasteiger partial charge in [-0.3, -0.25) is 4.79 Å². The predicted molar refractivity (Wildman–Crippen MR) is 73.1 cm³/mol. The molecule has 2 aromatic rings. The SMILES string of the molecule is COCC(O)CN(C)C(=O)c1c[nH]c2ccccc12. The van der Waals surface area contributed by atoms with Crippen molar-refractivity contribution in [3.63, 3.8) is 0 Å². The quantitative estimate of drug-likeness (QED) is 0.852. The Bertz CT molecular complexity index is 565. The van der Waals surface area contributed by atoms with E-state index >= 15 is 0 Å². The lowest BCUT2D eigenvalue weighted by Crippen LogP contribution is -2.36. The molecule has 1 aromatic heterocycles. The number of aromatic nitrogens is 1. The lowest BCUT2D eigenvalue weighted by molar-refractivity contribution is 0.0381. The van der Waals surface area contributed by atoms with Crippen molar-refractivity contribution < 1.29 is 14.6 Å². The third-order valence-corrected chi connectivity index (χ3v) is 3.01. The molecule has 102 valence electrons. The monoisotopic (exact) mass is 262 g/mol. The number of aliphatic hydroxyl groups excluding tert-OH is 1. The minimum absolute atomic E-state index is 0.118. The van der Waals surface area contributed by atoms with Gasteiger partial charge in [-0.25, -0.2) is 0 Å². The highest BCUT2D eigenvalue weighted by atomic mass is 16.5. The molecule has 5 heteroatoms. The molecule has 19 heavy (non-hydrogen) atoms. The number of fused-ring (bicyclic) bond motifs is 1. The molecule has 1 heterocycles. The van der Waals surface area contributed by atoms with Crippen molar-refractivity contribution in [3.8, 4) is 0 Å². The number of rotatable bonds is 5. The minimum atomic E-state index is -0.677. The van der Waals surface area contributed by atoms with Crippen molar-refractivity contribution in [3.05, 3.63) is 36.0 Å². The summed E-state index contributed by atoms with van der Waals surface area (Å²) in [5, 5.41) is 10.5. The summed E-state index contributed by atoms with van der Waals surface area (Å²) in [6.07, 6.45) is 1.02. The highest BCUT2D eigenvalue weighted by Gasteiger charge is 2.18. The summed E-state index contributed by atoms with van der Waals surface area (Å²) in [6.45, 7) is 0.456. The van der Waals surface area contributed by atoms with E-state index in [-0.39, 0.29) is 19.1 Å². The van der Waals surface area contributed by atoms with Gasteiger partial charge in [-0.2, -0.15) is 0 Å². The van der Waals surface area contributed by atoms with Crippen LogP contribution in [0.5, 0.6) is 0 Å². The average molecular weight is 262 g/mol. The van der Waals surface area contributed by atoms with Crippen molar-refractivity contribution in [1.29, 1.82) is 0 Å². The van der Waals surface area contributed by atoms with Gasteiger partial charge in [0.15, 0.2) is 0 Å². The number of likely N-dealkylation sites (N-methyl/N-ethyl adjacent to an activating group) is 1. The first-order valence-electron chi connectivity index (χ1n) is 6.12. The Hall–Kier alpha value is -1.85. The molecule has 1 amide bonds. The van der Waals surface area contributed by atoms with Crippen molar-refractivity contribution in [1.82, 2.24) is 9.88 Å². The molecule has 5 nitrogen and oxygen atoms in total. The molecule has 1 aromatic carbocycles. The molecule has 0 aliphatic heterocycles. The van der Waals surface area contributed by atoms with Gasteiger partial charge < -0.3 is 19.7 Å². The molecule has 1 atom stereocenters. The number of aromatic amines is 1. The number of carbonyl (C=O) groups excluding carboxylic acids is 1. The maximum atomic E-state index is 12.3. The summed E-state index contributed by atoms with van der Waals surface area (Å²) in [5.74, 6) is -0.118. The zero-order valence-corrected chi connectivity index (χ0v) is 11.1. The van der Waals surface area contributed by atoms with Crippen molar-refractivity contribution in [2.75, 3.05) is 27.3 Å². The number of aliphatic hydroxyl groups is 1. The predicted octanol–water partition coefficient (Wildman–Crippen LogP) is 1.25.